The topological polar surface area (TPSA) is 125 Å². The third-order valence-corrected chi connectivity index (χ3v) is 3.62. The Hall–Kier alpha value is -2.90. The summed E-state index contributed by atoms with van der Waals surface area (Å²) in [6.45, 7) is 1.84. The van der Waals surface area contributed by atoms with E-state index in [1.165, 1.54) is 0 Å². The van der Waals surface area contributed by atoms with Gasteiger partial charge in [-0.15, -0.1) is 0 Å². The minimum atomic E-state index is -1.16. The monoisotopic (exact) mass is 319 g/mol. The van der Waals surface area contributed by atoms with Crippen molar-refractivity contribution in [3.63, 3.8) is 0 Å². The summed E-state index contributed by atoms with van der Waals surface area (Å²) in [6.07, 6.45) is 0.343. The maximum atomic E-state index is 11.9. The highest BCUT2D eigenvalue weighted by atomic mass is 16.4. The number of amides is 4. The van der Waals surface area contributed by atoms with Crippen molar-refractivity contribution >= 4 is 23.8 Å². The van der Waals surface area contributed by atoms with E-state index in [9.17, 15) is 19.2 Å². The molecule has 1 aliphatic rings. The standard InChI is InChI=1S/C15H17N3O5/c1-15(13(22)17-14(23)18-15)10-6-4-9(5-7-10)12(21)16-8-2-3-11(19)20/h4-7H,2-3,8H2,1H3,(H,16,21)(H,19,20)(H2,17,18,22,23)/t15-/m0/s1. The molecule has 0 bridgehead atoms. The fourth-order valence-corrected chi connectivity index (χ4v) is 2.24. The summed E-state index contributed by atoms with van der Waals surface area (Å²) in [5.74, 6) is -1.69. The van der Waals surface area contributed by atoms with Crippen molar-refractivity contribution in [3.8, 4) is 0 Å². The van der Waals surface area contributed by atoms with Gasteiger partial charge >= 0.3 is 12.0 Å². The van der Waals surface area contributed by atoms with E-state index in [1.54, 1.807) is 31.2 Å². The van der Waals surface area contributed by atoms with Gasteiger partial charge in [0, 0.05) is 18.5 Å². The fourth-order valence-electron chi connectivity index (χ4n) is 2.24. The SMILES string of the molecule is C[C@@]1(c2ccc(C(=O)NCCCC(=O)O)cc2)NC(=O)NC1=O. The van der Waals surface area contributed by atoms with E-state index in [2.05, 4.69) is 16.0 Å². The van der Waals surface area contributed by atoms with Crippen molar-refractivity contribution in [1.29, 1.82) is 0 Å². The Morgan fingerprint density at radius 3 is 2.39 bits per heavy atom. The smallest absolute Gasteiger partial charge is 0.322 e. The van der Waals surface area contributed by atoms with Crippen LogP contribution in [0.1, 0.15) is 35.7 Å². The number of carbonyl (C=O) groups excluding carboxylic acids is 3. The molecule has 8 heteroatoms. The van der Waals surface area contributed by atoms with E-state index in [0.29, 0.717) is 17.5 Å². The molecule has 1 aromatic rings. The average Bonchev–Trinajstić information content (AvgIpc) is 2.77. The van der Waals surface area contributed by atoms with Gasteiger partial charge < -0.3 is 15.7 Å². The van der Waals surface area contributed by atoms with Crippen molar-refractivity contribution in [2.45, 2.75) is 25.3 Å². The van der Waals surface area contributed by atoms with Crippen molar-refractivity contribution < 1.29 is 24.3 Å². The number of benzene rings is 1. The van der Waals surface area contributed by atoms with E-state index in [0.717, 1.165) is 0 Å². The van der Waals surface area contributed by atoms with Gasteiger partial charge in [0.2, 0.25) is 0 Å². The molecule has 4 N–H and O–H groups in total. The molecule has 1 aliphatic heterocycles. The minimum absolute atomic E-state index is 0.00756. The average molecular weight is 319 g/mol. The van der Waals surface area contributed by atoms with Gasteiger partial charge in [-0.25, -0.2) is 4.79 Å². The van der Waals surface area contributed by atoms with E-state index >= 15 is 0 Å². The van der Waals surface area contributed by atoms with Crippen LogP contribution in [0.15, 0.2) is 24.3 Å². The first kappa shape index (κ1) is 16.5. The normalized spacial score (nSPS) is 19.9. The summed E-state index contributed by atoms with van der Waals surface area (Å²) < 4.78 is 0. The molecule has 23 heavy (non-hydrogen) atoms. The van der Waals surface area contributed by atoms with Crippen LogP contribution >= 0.6 is 0 Å². The van der Waals surface area contributed by atoms with Gasteiger partial charge in [-0.2, -0.15) is 0 Å². The Bertz CT molecular complexity index is 656. The second kappa shape index (κ2) is 6.47. The van der Waals surface area contributed by atoms with Crippen LogP contribution in [0.2, 0.25) is 0 Å². The molecule has 1 fully saturated rings. The molecule has 122 valence electrons. The first-order valence-corrected chi connectivity index (χ1v) is 7.07. The molecule has 0 unspecified atom stereocenters. The first-order valence-electron chi connectivity index (χ1n) is 7.07. The summed E-state index contributed by atoms with van der Waals surface area (Å²) in [5.41, 5.74) is -0.214. The van der Waals surface area contributed by atoms with Crippen molar-refractivity contribution in [2.75, 3.05) is 6.54 Å². The Morgan fingerprint density at radius 1 is 1.22 bits per heavy atom. The second-order valence-electron chi connectivity index (χ2n) is 5.36. The Morgan fingerprint density at radius 2 is 1.87 bits per heavy atom. The van der Waals surface area contributed by atoms with Gasteiger partial charge in [-0.05, 0) is 31.0 Å². The van der Waals surface area contributed by atoms with Gasteiger partial charge in [0.15, 0.2) is 0 Å². The van der Waals surface area contributed by atoms with Gasteiger partial charge in [0.25, 0.3) is 11.8 Å². The van der Waals surface area contributed by atoms with Crippen molar-refractivity contribution in [3.05, 3.63) is 35.4 Å². The Balaban J connectivity index is 1.99. The molecular formula is C15H17N3O5. The van der Waals surface area contributed by atoms with Crippen LogP contribution < -0.4 is 16.0 Å². The van der Waals surface area contributed by atoms with Crippen LogP contribution in [-0.4, -0.2) is 35.5 Å². The van der Waals surface area contributed by atoms with E-state index < -0.39 is 23.4 Å². The zero-order chi connectivity index (χ0) is 17.0. The number of hydrogen-bond acceptors (Lipinski definition) is 4. The highest BCUT2D eigenvalue weighted by Gasteiger charge is 2.43. The second-order valence-corrected chi connectivity index (χ2v) is 5.36. The molecule has 0 aromatic heterocycles. The molecule has 1 heterocycles. The number of urea groups is 1. The number of aliphatic carboxylic acids is 1. The third kappa shape index (κ3) is 3.65. The molecule has 0 saturated carbocycles. The van der Waals surface area contributed by atoms with Crippen LogP contribution in [0.3, 0.4) is 0 Å². The van der Waals surface area contributed by atoms with Crippen LogP contribution in [0.4, 0.5) is 4.79 Å². The number of carboxylic acid groups (broad SMARTS) is 1. The molecular weight excluding hydrogens is 302 g/mol. The van der Waals surface area contributed by atoms with Crippen LogP contribution in [-0.2, 0) is 15.1 Å². The molecule has 8 nitrogen and oxygen atoms in total. The minimum Gasteiger partial charge on any atom is -0.481 e. The predicted octanol–water partition coefficient (Wildman–Crippen LogP) is 0.336. The molecule has 0 spiro atoms. The van der Waals surface area contributed by atoms with Crippen molar-refractivity contribution in [2.24, 2.45) is 0 Å². The number of nitrogens with one attached hydrogen (secondary N) is 3. The number of rotatable bonds is 6. The molecule has 1 saturated heterocycles. The highest BCUT2D eigenvalue weighted by Crippen LogP contribution is 2.24. The number of carbonyl (C=O) groups is 4. The first-order chi connectivity index (χ1) is 10.8. The third-order valence-electron chi connectivity index (χ3n) is 3.62. The highest BCUT2D eigenvalue weighted by molar-refractivity contribution is 6.07. The van der Waals surface area contributed by atoms with Gasteiger partial charge in [0.1, 0.15) is 5.54 Å². The molecule has 0 radical (unpaired) electrons. The maximum absolute atomic E-state index is 11.9. The summed E-state index contributed by atoms with van der Waals surface area (Å²) in [5, 5.41) is 15.8. The van der Waals surface area contributed by atoms with Gasteiger partial charge in [-0.3, -0.25) is 19.7 Å². The summed E-state index contributed by atoms with van der Waals surface area (Å²) in [4.78, 5) is 45.4. The van der Waals surface area contributed by atoms with E-state index in [1.807, 2.05) is 0 Å². The number of imide groups is 1. The lowest BCUT2D eigenvalue weighted by molar-refractivity contribution is -0.137. The predicted molar refractivity (Wildman–Crippen MR) is 79.7 cm³/mol. The molecule has 1 aromatic carbocycles. The lowest BCUT2D eigenvalue weighted by atomic mass is 9.91. The molecule has 4 amide bonds. The summed E-state index contributed by atoms with van der Waals surface area (Å²) in [6, 6.07) is 5.72. The van der Waals surface area contributed by atoms with Gasteiger partial charge in [-0.1, -0.05) is 12.1 Å². The van der Waals surface area contributed by atoms with Crippen LogP contribution in [0.5, 0.6) is 0 Å². The Labute approximate surface area is 132 Å². The van der Waals surface area contributed by atoms with Crippen LogP contribution in [0.25, 0.3) is 0 Å². The van der Waals surface area contributed by atoms with Crippen molar-refractivity contribution in [1.82, 2.24) is 16.0 Å². The lowest BCUT2D eigenvalue weighted by Crippen LogP contribution is -2.40. The quantitative estimate of drug-likeness (QED) is 0.444. The van der Waals surface area contributed by atoms with E-state index in [-0.39, 0.29) is 18.9 Å². The molecule has 1 atom stereocenters. The van der Waals surface area contributed by atoms with Crippen LogP contribution in [0, 0.1) is 0 Å². The fraction of sp³-hybridized carbons (Fsp3) is 0.333. The lowest BCUT2D eigenvalue weighted by Gasteiger charge is -2.21. The van der Waals surface area contributed by atoms with Gasteiger partial charge in [0.05, 0.1) is 0 Å². The molecule has 2 rings (SSSR count). The zero-order valence-corrected chi connectivity index (χ0v) is 12.5. The largest absolute Gasteiger partial charge is 0.481 e. The molecule has 0 aliphatic carbocycles. The zero-order valence-electron chi connectivity index (χ0n) is 12.5. The summed E-state index contributed by atoms with van der Waals surface area (Å²) in [7, 11) is 0. The summed E-state index contributed by atoms with van der Waals surface area (Å²) >= 11 is 0. The number of carboxylic acids is 1. The number of hydrogen-bond donors (Lipinski definition) is 4. The Kier molecular flexibility index (Phi) is 4.63. The maximum Gasteiger partial charge on any atom is 0.322 e. The van der Waals surface area contributed by atoms with E-state index in [4.69, 9.17) is 5.11 Å².